The first-order valence-corrected chi connectivity index (χ1v) is 10.8. The van der Waals surface area contributed by atoms with E-state index in [0.717, 1.165) is 11.8 Å². The Morgan fingerprint density at radius 1 is 1.25 bits per heavy atom. The van der Waals surface area contributed by atoms with E-state index in [4.69, 9.17) is 23.1 Å². The van der Waals surface area contributed by atoms with Crippen molar-refractivity contribution in [2.45, 2.75) is 50.8 Å². The maximum absolute atomic E-state index is 11.9. The van der Waals surface area contributed by atoms with Gasteiger partial charge in [-0.25, -0.2) is 0 Å². The van der Waals surface area contributed by atoms with E-state index in [-0.39, 0.29) is 12.5 Å². The quantitative estimate of drug-likeness (QED) is 0.677. The summed E-state index contributed by atoms with van der Waals surface area (Å²) in [6.07, 6.45) is -3.10. The summed E-state index contributed by atoms with van der Waals surface area (Å²) in [6, 6.07) is 8.38. The molecule has 0 radical (unpaired) electrons. The first-order chi connectivity index (χ1) is 13.3. The molecule has 2 saturated heterocycles. The first-order valence-electron chi connectivity index (χ1n) is 9.03. The lowest BCUT2D eigenvalue weighted by Crippen LogP contribution is -2.67. The number of carbonyl (C=O) groups excluding carboxylic acids is 1. The van der Waals surface area contributed by atoms with Crippen LogP contribution in [0.3, 0.4) is 0 Å². The molecule has 1 aromatic rings. The van der Waals surface area contributed by atoms with Crippen molar-refractivity contribution in [1.29, 1.82) is 0 Å². The molecule has 2 heterocycles. The summed E-state index contributed by atoms with van der Waals surface area (Å²) in [5.74, 6) is -0.370. The number of fused-ring (bicyclic) bond motifs is 1. The van der Waals surface area contributed by atoms with Crippen LogP contribution in [0, 0.1) is 0 Å². The molecule has 0 unspecified atom stereocenters. The Morgan fingerprint density at radius 2 is 1.96 bits per heavy atom. The average Bonchev–Trinajstić information content (AvgIpc) is 2.64. The second kappa shape index (κ2) is 8.85. The minimum absolute atomic E-state index is 0.157. The van der Waals surface area contributed by atoms with Crippen molar-refractivity contribution in [2.75, 3.05) is 19.5 Å². The van der Waals surface area contributed by atoms with Crippen LogP contribution in [-0.4, -0.2) is 64.4 Å². The molecule has 28 heavy (non-hydrogen) atoms. The molecule has 0 saturated carbocycles. The van der Waals surface area contributed by atoms with Crippen LogP contribution in [0.15, 0.2) is 30.3 Å². The number of carbonyl (C=O) groups is 1. The third kappa shape index (κ3) is 5.07. The summed E-state index contributed by atoms with van der Waals surface area (Å²) >= 11 is 0. The molecule has 9 nitrogen and oxygen atoms in total. The normalized spacial score (nSPS) is 33.1. The zero-order valence-corrected chi connectivity index (χ0v) is 16.8. The van der Waals surface area contributed by atoms with E-state index in [2.05, 4.69) is 5.32 Å². The van der Waals surface area contributed by atoms with Crippen molar-refractivity contribution < 1.29 is 36.3 Å². The highest BCUT2D eigenvalue weighted by molar-refractivity contribution is 7.86. The van der Waals surface area contributed by atoms with Gasteiger partial charge in [0, 0.05) is 19.1 Å². The predicted molar refractivity (Wildman–Crippen MR) is 97.6 cm³/mol. The van der Waals surface area contributed by atoms with Gasteiger partial charge in [-0.05, 0) is 6.92 Å². The minimum atomic E-state index is -3.85. The average molecular weight is 415 g/mol. The molecule has 3 rings (SSSR count). The smallest absolute Gasteiger partial charge is 0.264 e. The number of rotatable bonds is 6. The topological polar surface area (TPSA) is 109 Å². The number of benzene rings is 1. The molecule has 6 atom stereocenters. The van der Waals surface area contributed by atoms with Crippen LogP contribution in [0.5, 0.6) is 0 Å². The van der Waals surface area contributed by atoms with Crippen molar-refractivity contribution in [2.24, 2.45) is 0 Å². The van der Waals surface area contributed by atoms with Gasteiger partial charge in [0.25, 0.3) is 10.1 Å². The van der Waals surface area contributed by atoms with Gasteiger partial charge in [0.1, 0.15) is 24.4 Å². The molecule has 1 N–H and O–H groups in total. The monoisotopic (exact) mass is 415 g/mol. The van der Waals surface area contributed by atoms with E-state index in [9.17, 15) is 13.2 Å². The zero-order chi connectivity index (χ0) is 20.3. The number of amides is 1. The van der Waals surface area contributed by atoms with E-state index in [1.165, 1.54) is 6.92 Å². The van der Waals surface area contributed by atoms with Crippen LogP contribution in [0.25, 0.3) is 0 Å². The molecule has 1 aromatic carbocycles. The van der Waals surface area contributed by atoms with Gasteiger partial charge in [-0.15, -0.1) is 0 Å². The van der Waals surface area contributed by atoms with E-state index < -0.39 is 47.1 Å². The van der Waals surface area contributed by atoms with Crippen molar-refractivity contribution in [3.63, 3.8) is 0 Å². The number of hydrogen-bond acceptors (Lipinski definition) is 8. The van der Waals surface area contributed by atoms with Crippen LogP contribution in [0.4, 0.5) is 0 Å². The maximum atomic E-state index is 11.9. The molecule has 0 bridgehead atoms. The van der Waals surface area contributed by atoms with Crippen LogP contribution in [0.2, 0.25) is 0 Å². The Bertz CT molecular complexity index is 771. The summed E-state index contributed by atoms with van der Waals surface area (Å²) < 4.78 is 52.5. The summed E-state index contributed by atoms with van der Waals surface area (Å²) in [5.41, 5.74) is 0.780. The lowest BCUT2D eigenvalue weighted by molar-refractivity contribution is -0.340. The fourth-order valence-electron chi connectivity index (χ4n) is 3.36. The van der Waals surface area contributed by atoms with E-state index in [1.54, 1.807) is 6.92 Å². The van der Waals surface area contributed by atoms with E-state index in [1.807, 2.05) is 30.3 Å². The van der Waals surface area contributed by atoms with Crippen molar-refractivity contribution in [1.82, 2.24) is 5.32 Å². The highest BCUT2D eigenvalue weighted by Crippen LogP contribution is 2.36. The summed E-state index contributed by atoms with van der Waals surface area (Å²) in [5, 5.41) is 2.68. The summed E-state index contributed by atoms with van der Waals surface area (Å²) in [7, 11) is -3.85. The van der Waals surface area contributed by atoms with Crippen LogP contribution < -0.4 is 5.32 Å². The Hall–Kier alpha value is -1.56. The van der Waals surface area contributed by atoms with Crippen molar-refractivity contribution in [3.8, 4) is 0 Å². The second-order valence-corrected chi connectivity index (χ2v) is 8.27. The Balaban J connectivity index is 1.91. The molecular formula is C18H25NO8S. The van der Waals surface area contributed by atoms with Gasteiger partial charge in [-0.3, -0.25) is 8.98 Å². The molecule has 156 valence electrons. The maximum Gasteiger partial charge on any atom is 0.264 e. The number of nitrogens with one attached hydrogen (secondary N) is 1. The highest BCUT2D eigenvalue weighted by Gasteiger charge is 2.52. The predicted octanol–water partition coefficient (Wildman–Crippen LogP) is 0.711. The van der Waals surface area contributed by atoms with Gasteiger partial charge in [0.05, 0.1) is 12.9 Å². The fourth-order valence-corrected chi connectivity index (χ4v) is 3.99. The molecule has 0 aliphatic carbocycles. The van der Waals surface area contributed by atoms with E-state index in [0.29, 0.717) is 6.61 Å². The molecule has 2 aliphatic rings. The van der Waals surface area contributed by atoms with Crippen LogP contribution in [0.1, 0.15) is 25.7 Å². The van der Waals surface area contributed by atoms with Gasteiger partial charge in [-0.2, -0.15) is 8.42 Å². The molecular weight excluding hydrogens is 390 g/mol. The summed E-state index contributed by atoms with van der Waals surface area (Å²) in [4.78, 5) is 11.7. The zero-order valence-electron chi connectivity index (χ0n) is 15.9. The SMILES string of the molecule is CCO[C@@H]1O[C@H]2CO[C@H](c3ccccc3)O[C@@H]2[C@@H](OS(C)(=O)=O)[C@@H]1NC(C)=O. The largest absolute Gasteiger partial charge is 0.351 e. The van der Waals surface area contributed by atoms with Gasteiger partial charge in [-0.1, -0.05) is 30.3 Å². The lowest BCUT2D eigenvalue weighted by Gasteiger charge is -2.48. The van der Waals surface area contributed by atoms with Crippen molar-refractivity contribution in [3.05, 3.63) is 35.9 Å². The molecule has 2 fully saturated rings. The molecule has 1 amide bonds. The molecule has 0 spiro atoms. The van der Waals surface area contributed by atoms with Gasteiger partial charge in [0.2, 0.25) is 5.91 Å². The van der Waals surface area contributed by atoms with Gasteiger partial charge >= 0.3 is 0 Å². The number of ether oxygens (including phenoxy) is 4. The van der Waals surface area contributed by atoms with E-state index >= 15 is 0 Å². The lowest BCUT2D eigenvalue weighted by atomic mass is 9.95. The first kappa shape index (κ1) is 21.2. The van der Waals surface area contributed by atoms with Crippen molar-refractivity contribution >= 4 is 16.0 Å². The number of hydrogen-bond donors (Lipinski definition) is 1. The second-order valence-electron chi connectivity index (χ2n) is 6.67. The third-order valence-corrected chi connectivity index (χ3v) is 4.97. The molecule has 10 heteroatoms. The standard InChI is InChI=1S/C18H25NO8S/c1-4-23-18-14(19-11(2)20)16(27-28(3,21)22)15-13(25-18)10-24-17(26-15)12-8-6-5-7-9-12/h5-9,13-18H,4,10H2,1-3H3,(H,19,20)/t13-,14-,15-,16-,17-,18+/m0/s1. The highest BCUT2D eigenvalue weighted by atomic mass is 32.2. The van der Waals surface area contributed by atoms with Crippen LogP contribution in [-0.2, 0) is 38.0 Å². The minimum Gasteiger partial charge on any atom is -0.351 e. The van der Waals surface area contributed by atoms with Gasteiger partial charge < -0.3 is 24.3 Å². The fraction of sp³-hybridized carbons (Fsp3) is 0.611. The molecule has 2 aliphatic heterocycles. The molecule has 0 aromatic heterocycles. The van der Waals surface area contributed by atoms with Gasteiger partial charge in [0.15, 0.2) is 12.6 Å². The Kier molecular flexibility index (Phi) is 6.69. The third-order valence-electron chi connectivity index (χ3n) is 4.40. The van der Waals surface area contributed by atoms with Crippen LogP contribution >= 0.6 is 0 Å². The Morgan fingerprint density at radius 3 is 2.57 bits per heavy atom. The Labute approximate surface area is 164 Å². The summed E-state index contributed by atoms with van der Waals surface area (Å²) in [6.45, 7) is 3.55.